The molecule has 0 bridgehead atoms. The van der Waals surface area contributed by atoms with Gasteiger partial charge in [0.05, 0.1) is 23.6 Å². The molecule has 0 unspecified atom stereocenters. The number of sulfone groups is 1. The largest absolute Gasteiger partial charge is 0.305 e. The number of fused-ring (bicyclic) bond motifs is 1. The lowest BCUT2D eigenvalue weighted by atomic mass is 10.0. The lowest BCUT2D eigenvalue weighted by molar-refractivity contribution is -0.122. The molecule has 0 spiro atoms. The molecule has 2 aliphatic heterocycles. The number of nitrogens with zero attached hydrogens (tertiary/aromatic N) is 1. The van der Waals surface area contributed by atoms with Gasteiger partial charge in [-0.25, -0.2) is 8.42 Å². The van der Waals surface area contributed by atoms with Crippen LogP contribution in [0.1, 0.15) is 12.5 Å². The summed E-state index contributed by atoms with van der Waals surface area (Å²) in [5, 5.41) is 3.68. The van der Waals surface area contributed by atoms with Crippen LogP contribution in [0, 0.1) is 6.92 Å². The van der Waals surface area contributed by atoms with Crippen molar-refractivity contribution in [2.24, 2.45) is 0 Å². The highest BCUT2D eigenvalue weighted by Gasteiger charge is 2.48. The number of hydrogen-bond acceptors (Lipinski definition) is 4. The van der Waals surface area contributed by atoms with Gasteiger partial charge in [-0.3, -0.25) is 4.79 Å². The monoisotopic (exact) mass is 328 g/mol. The zero-order valence-electron chi connectivity index (χ0n) is 11.8. The van der Waals surface area contributed by atoms with Crippen LogP contribution in [0.15, 0.2) is 18.2 Å². The highest BCUT2D eigenvalue weighted by atomic mass is 35.5. The fraction of sp³-hybridized carbons (Fsp3) is 0.500. The SMILES string of the molecule is Cc1ccc(N2C(=O)[C@H](C)N[C@@H]3CS(=O)(=O)C[C@@H]32)cc1Cl. The van der Waals surface area contributed by atoms with Crippen LogP contribution < -0.4 is 10.2 Å². The maximum atomic E-state index is 12.5. The van der Waals surface area contributed by atoms with Gasteiger partial charge < -0.3 is 10.2 Å². The standard InChI is InChI=1S/C14H17ClN2O3S/c1-8-3-4-10(5-11(8)15)17-13-7-21(19,20)6-12(13)16-9(2)14(17)18/h3-5,9,12-13,16H,6-7H2,1-2H3/t9-,12+,13-/m0/s1. The fourth-order valence-electron chi connectivity index (χ4n) is 3.06. The van der Waals surface area contributed by atoms with Gasteiger partial charge in [-0.1, -0.05) is 17.7 Å². The average Bonchev–Trinajstić information content (AvgIpc) is 2.68. The van der Waals surface area contributed by atoms with Crippen molar-refractivity contribution in [2.75, 3.05) is 16.4 Å². The number of carbonyl (C=O) groups is 1. The second-order valence-electron chi connectivity index (χ2n) is 5.78. The average molecular weight is 329 g/mol. The van der Waals surface area contributed by atoms with Gasteiger partial charge in [0.1, 0.15) is 0 Å². The first-order valence-corrected chi connectivity index (χ1v) is 9.04. The zero-order chi connectivity index (χ0) is 15.4. The summed E-state index contributed by atoms with van der Waals surface area (Å²) in [5.74, 6) is -0.0479. The van der Waals surface area contributed by atoms with Crippen molar-refractivity contribution in [3.63, 3.8) is 0 Å². The molecule has 1 amide bonds. The minimum absolute atomic E-state index is 0.00534. The van der Waals surface area contributed by atoms with Gasteiger partial charge in [0.2, 0.25) is 5.91 Å². The number of hydrogen-bond donors (Lipinski definition) is 1. The van der Waals surface area contributed by atoms with Gasteiger partial charge in [-0.15, -0.1) is 0 Å². The number of aryl methyl sites for hydroxylation is 1. The molecule has 2 heterocycles. The Morgan fingerprint density at radius 2 is 2.05 bits per heavy atom. The lowest BCUT2D eigenvalue weighted by Gasteiger charge is -2.40. The van der Waals surface area contributed by atoms with Crippen LogP contribution in [0.4, 0.5) is 5.69 Å². The second kappa shape index (κ2) is 4.97. The van der Waals surface area contributed by atoms with E-state index in [2.05, 4.69) is 5.32 Å². The van der Waals surface area contributed by atoms with E-state index < -0.39 is 15.9 Å². The normalized spacial score (nSPS) is 31.3. The van der Waals surface area contributed by atoms with Crippen molar-refractivity contribution in [3.8, 4) is 0 Å². The Labute approximate surface area is 129 Å². The molecule has 114 valence electrons. The molecule has 3 rings (SSSR count). The van der Waals surface area contributed by atoms with E-state index in [1.165, 1.54) is 0 Å². The van der Waals surface area contributed by atoms with Crippen molar-refractivity contribution in [2.45, 2.75) is 32.0 Å². The van der Waals surface area contributed by atoms with Gasteiger partial charge in [-0.05, 0) is 31.5 Å². The summed E-state index contributed by atoms with van der Waals surface area (Å²) in [5.41, 5.74) is 1.59. The Morgan fingerprint density at radius 1 is 1.33 bits per heavy atom. The maximum Gasteiger partial charge on any atom is 0.244 e. The number of amides is 1. The number of anilines is 1. The van der Waals surface area contributed by atoms with E-state index in [0.717, 1.165) is 5.56 Å². The first-order valence-electron chi connectivity index (χ1n) is 6.84. The van der Waals surface area contributed by atoms with Gasteiger partial charge >= 0.3 is 0 Å². The van der Waals surface area contributed by atoms with Crippen LogP contribution >= 0.6 is 11.6 Å². The molecule has 21 heavy (non-hydrogen) atoms. The van der Waals surface area contributed by atoms with Crippen LogP contribution in [-0.2, 0) is 14.6 Å². The minimum Gasteiger partial charge on any atom is -0.305 e. The van der Waals surface area contributed by atoms with Crippen molar-refractivity contribution < 1.29 is 13.2 Å². The quantitative estimate of drug-likeness (QED) is 0.839. The van der Waals surface area contributed by atoms with Crippen molar-refractivity contribution in [1.29, 1.82) is 0 Å². The van der Waals surface area contributed by atoms with E-state index in [1.807, 2.05) is 19.1 Å². The molecule has 3 atom stereocenters. The van der Waals surface area contributed by atoms with Crippen molar-refractivity contribution in [1.82, 2.24) is 5.32 Å². The van der Waals surface area contributed by atoms with E-state index in [1.54, 1.807) is 17.9 Å². The first kappa shape index (κ1) is 14.8. The molecule has 0 radical (unpaired) electrons. The van der Waals surface area contributed by atoms with E-state index >= 15 is 0 Å². The van der Waals surface area contributed by atoms with Gasteiger partial charge in [-0.2, -0.15) is 0 Å². The summed E-state index contributed by atoms with van der Waals surface area (Å²) in [7, 11) is -3.12. The third-order valence-electron chi connectivity index (χ3n) is 4.16. The molecule has 2 saturated heterocycles. The van der Waals surface area contributed by atoms with E-state index in [9.17, 15) is 13.2 Å². The van der Waals surface area contributed by atoms with Gasteiger partial charge in [0.25, 0.3) is 0 Å². The fourth-order valence-corrected chi connectivity index (χ4v) is 5.14. The molecular weight excluding hydrogens is 312 g/mol. The Balaban J connectivity index is 2.04. The number of benzene rings is 1. The third kappa shape index (κ3) is 2.56. The molecule has 2 aliphatic rings. The maximum absolute atomic E-state index is 12.5. The minimum atomic E-state index is -3.12. The molecule has 5 nitrogen and oxygen atoms in total. The summed E-state index contributed by atoms with van der Waals surface area (Å²) in [6.07, 6.45) is 0. The number of carbonyl (C=O) groups excluding carboxylic acids is 1. The molecule has 1 aromatic rings. The molecule has 1 N–H and O–H groups in total. The first-order chi connectivity index (χ1) is 9.78. The summed E-state index contributed by atoms with van der Waals surface area (Å²) in [4.78, 5) is 14.1. The van der Waals surface area contributed by atoms with E-state index in [4.69, 9.17) is 11.6 Å². The van der Waals surface area contributed by atoms with Crippen LogP contribution in [0.25, 0.3) is 0 Å². The predicted octanol–water partition coefficient (Wildman–Crippen LogP) is 1.14. The Morgan fingerprint density at radius 3 is 2.71 bits per heavy atom. The highest BCUT2D eigenvalue weighted by molar-refractivity contribution is 7.91. The van der Waals surface area contributed by atoms with Crippen LogP contribution in [-0.4, -0.2) is 44.0 Å². The van der Waals surface area contributed by atoms with E-state index in [0.29, 0.717) is 10.7 Å². The second-order valence-corrected chi connectivity index (χ2v) is 8.34. The van der Waals surface area contributed by atoms with Crippen molar-refractivity contribution >= 4 is 33.0 Å². The van der Waals surface area contributed by atoms with Crippen LogP contribution in [0.5, 0.6) is 0 Å². The molecule has 0 saturated carbocycles. The van der Waals surface area contributed by atoms with E-state index in [-0.39, 0.29) is 29.5 Å². The Hall–Kier alpha value is -1.11. The predicted molar refractivity (Wildman–Crippen MR) is 82.5 cm³/mol. The molecule has 1 aromatic carbocycles. The van der Waals surface area contributed by atoms with Crippen LogP contribution in [0.3, 0.4) is 0 Å². The number of rotatable bonds is 1. The lowest BCUT2D eigenvalue weighted by Crippen LogP contribution is -2.64. The van der Waals surface area contributed by atoms with Gasteiger partial charge in [0.15, 0.2) is 9.84 Å². The zero-order valence-corrected chi connectivity index (χ0v) is 13.4. The van der Waals surface area contributed by atoms with Crippen LogP contribution in [0.2, 0.25) is 5.02 Å². The van der Waals surface area contributed by atoms with Gasteiger partial charge in [0, 0.05) is 16.8 Å². The molecule has 0 aromatic heterocycles. The third-order valence-corrected chi connectivity index (χ3v) is 6.28. The Bertz CT molecular complexity index is 704. The highest BCUT2D eigenvalue weighted by Crippen LogP contribution is 2.31. The molecule has 2 fully saturated rings. The summed E-state index contributed by atoms with van der Waals surface area (Å²) in [6, 6.07) is 4.41. The number of nitrogens with one attached hydrogen (secondary N) is 1. The molecule has 7 heteroatoms. The summed E-state index contributed by atoms with van der Waals surface area (Å²) in [6.45, 7) is 3.64. The van der Waals surface area contributed by atoms with Crippen molar-refractivity contribution in [3.05, 3.63) is 28.8 Å². The number of piperazine rings is 1. The number of halogens is 1. The summed E-state index contributed by atoms with van der Waals surface area (Å²) >= 11 is 6.14. The molecular formula is C14H17ClN2O3S. The topological polar surface area (TPSA) is 66.5 Å². The Kier molecular flexibility index (Phi) is 3.50. The smallest absolute Gasteiger partial charge is 0.244 e. The molecule has 0 aliphatic carbocycles. The summed E-state index contributed by atoms with van der Waals surface area (Å²) < 4.78 is 23.8.